The summed E-state index contributed by atoms with van der Waals surface area (Å²) < 4.78 is 12.0. The Morgan fingerprint density at radius 1 is 1.31 bits per heavy atom. The Labute approximate surface area is 109 Å². The molecule has 1 rings (SSSR count). The number of hydrogen-bond donors (Lipinski definition) is 1. The van der Waals surface area contributed by atoms with Gasteiger partial charge in [-0.25, -0.2) is 0 Å². The lowest BCUT2D eigenvalue weighted by molar-refractivity contribution is 0.610. The number of benzene rings is 1. The number of rotatable bonds is 5. The molecule has 1 N–H and O–H groups in total. The van der Waals surface area contributed by atoms with Crippen LogP contribution in [0.4, 0.5) is 0 Å². The molecule has 1 unspecified atom stereocenters. The van der Waals surface area contributed by atoms with Gasteiger partial charge in [0.1, 0.15) is 0 Å². The lowest BCUT2D eigenvalue weighted by Crippen LogP contribution is -2.27. The second-order valence-electron chi connectivity index (χ2n) is 3.71. The van der Waals surface area contributed by atoms with Crippen LogP contribution >= 0.6 is 23.2 Å². The van der Waals surface area contributed by atoms with Gasteiger partial charge in [-0.2, -0.15) is 0 Å². The van der Waals surface area contributed by atoms with Crippen LogP contribution in [0.25, 0.3) is 0 Å². The third-order valence-corrected chi connectivity index (χ3v) is 4.31. The number of hydrogen-bond acceptors (Lipinski definition) is 2. The van der Waals surface area contributed by atoms with E-state index in [1.807, 2.05) is 13.8 Å². The van der Waals surface area contributed by atoms with Gasteiger partial charge in [-0.3, -0.25) is 4.21 Å². The van der Waals surface area contributed by atoms with Crippen molar-refractivity contribution in [3.8, 4) is 0 Å². The summed E-state index contributed by atoms with van der Waals surface area (Å²) in [6.07, 6.45) is 0. The average Bonchev–Trinajstić information content (AvgIpc) is 2.16. The van der Waals surface area contributed by atoms with Gasteiger partial charge in [0.15, 0.2) is 0 Å². The Hall–Kier alpha value is -0.0900. The summed E-state index contributed by atoms with van der Waals surface area (Å²) >= 11 is 11.9. The molecular weight excluding hydrogens is 265 g/mol. The van der Waals surface area contributed by atoms with E-state index in [1.54, 1.807) is 18.2 Å². The van der Waals surface area contributed by atoms with Gasteiger partial charge in [0.25, 0.3) is 0 Å². The van der Waals surface area contributed by atoms with Gasteiger partial charge in [0.05, 0.1) is 25.7 Å². The van der Waals surface area contributed by atoms with Crippen molar-refractivity contribution in [3.63, 3.8) is 0 Å². The summed E-state index contributed by atoms with van der Waals surface area (Å²) in [4.78, 5) is 0.538. The summed E-state index contributed by atoms with van der Waals surface area (Å²) in [6.45, 7) is 4.78. The Morgan fingerprint density at radius 2 is 1.88 bits per heavy atom. The third-order valence-electron chi connectivity index (χ3n) is 1.99. The van der Waals surface area contributed by atoms with E-state index in [0.717, 1.165) is 0 Å². The predicted octanol–water partition coefficient (Wildman–Crippen LogP) is 3.10. The van der Waals surface area contributed by atoms with Crippen LogP contribution in [-0.4, -0.2) is 22.5 Å². The molecule has 0 saturated carbocycles. The fraction of sp³-hybridized carbons (Fsp3) is 0.455. The summed E-state index contributed by atoms with van der Waals surface area (Å²) in [5.41, 5.74) is 0. The lowest BCUT2D eigenvalue weighted by atomic mass is 10.4. The molecule has 0 fully saturated rings. The van der Waals surface area contributed by atoms with Crippen molar-refractivity contribution >= 4 is 34.0 Å². The third kappa shape index (κ3) is 4.06. The van der Waals surface area contributed by atoms with Gasteiger partial charge in [-0.15, -0.1) is 0 Å². The van der Waals surface area contributed by atoms with E-state index in [-0.39, 0.29) is 0 Å². The SMILES string of the molecule is CC(C)NCCS(=O)c1c(Cl)cccc1Cl. The van der Waals surface area contributed by atoms with Crippen LogP contribution in [-0.2, 0) is 10.8 Å². The molecule has 0 aliphatic rings. The van der Waals surface area contributed by atoms with E-state index in [0.29, 0.717) is 33.3 Å². The van der Waals surface area contributed by atoms with Gasteiger partial charge in [0, 0.05) is 18.3 Å². The quantitative estimate of drug-likeness (QED) is 0.898. The highest BCUT2D eigenvalue weighted by molar-refractivity contribution is 7.85. The monoisotopic (exact) mass is 279 g/mol. The molecule has 1 aromatic carbocycles. The molecule has 2 nitrogen and oxygen atoms in total. The molecule has 0 bridgehead atoms. The molecule has 0 amide bonds. The van der Waals surface area contributed by atoms with E-state index in [1.165, 1.54) is 0 Å². The van der Waals surface area contributed by atoms with E-state index < -0.39 is 10.8 Å². The van der Waals surface area contributed by atoms with Crippen LogP contribution in [0.15, 0.2) is 23.1 Å². The molecule has 16 heavy (non-hydrogen) atoms. The highest BCUT2D eigenvalue weighted by Gasteiger charge is 2.12. The van der Waals surface area contributed by atoms with E-state index in [2.05, 4.69) is 5.32 Å². The fourth-order valence-electron chi connectivity index (χ4n) is 1.24. The Kier molecular flexibility index (Phi) is 5.76. The van der Waals surface area contributed by atoms with Crippen LogP contribution in [0.1, 0.15) is 13.8 Å². The Balaban J connectivity index is 2.66. The average molecular weight is 280 g/mol. The van der Waals surface area contributed by atoms with Crippen molar-refractivity contribution < 1.29 is 4.21 Å². The first-order valence-corrected chi connectivity index (χ1v) is 7.15. The highest BCUT2D eigenvalue weighted by Crippen LogP contribution is 2.27. The van der Waals surface area contributed by atoms with Gasteiger partial charge in [-0.05, 0) is 12.1 Å². The van der Waals surface area contributed by atoms with Crippen LogP contribution in [0.2, 0.25) is 10.0 Å². The molecule has 0 radical (unpaired) electrons. The molecule has 0 aromatic heterocycles. The normalized spacial score (nSPS) is 13.1. The van der Waals surface area contributed by atoms with Crippen molar-refractivity contribution in [2.75, 3.05) is 12.3 Å². The molecule has 0 aliphatic carbocycles. The maximum atomic E-state index is 12.0. The number of halogens is 2. The zero-order valence-electron chi connectivity index (χ0n) is 9.30. The lowest BCUT2D eigenvalue weighted by Gasteiger charge is -2.09. The van der Waals surface area contributed by atoms with Crippen molar-refractivity contribution in [2.45, 2.75) is 24.8 Å². The Morgan fingerprint density at radius 3 is 2.38 bits per heavy atom. The van der Waals surface area contributed by atoms with E-state index in [9.17, 15) is 4.21 Å². The summed E-state index contributed by atoms with van der Waals surface area (Å²) in [5, 5.41) is 4.14. The van der Waals surface area contributed by atoms with Gasteiger partial charge in [0.2, 0.25) is 0 Å². The first-order chi connectivity index (χ1) is 7.52. The minimum absolute atomic E-state index is 0.388. The largest absolute Gasteiger partial charge is 0.314 e. The highest BCUT2D eigenvalue weighted by atomic mass is 35.5. The van der Waals surface area contributed by atoms with E-state index >= 15 is 0 Å². The van der Waals surface area contributed by atoms with Crippen LogP contribution in [0.3, 0.4) is 0 Å². The maximum absolute atomic E-state index is 12.0. The van der Waals surface area contributed by atoms with Crippen LogP contribution in [0.5, 0.6) is 0 Å². The summed E-state index contributed by atoms with van der Waals surface area (Å²) in [6, 6.07) is 5.55. The second-order valence-corrected chi connectivity index (χ2v) is 6.03. The second kappa shape index (κ2) is 6.60. The smallest absolute Gasteiger partial charge is 0.0760 e. The van der Waals surface area contributed by atoms with Gasteiger partial charge in [-0.1, -0.05) is 43.1 Å². The van der Waals surface area contributed by atoms with E-state index in [4.69, 9.17) is 23.2 Å². The molecule has 5 heteroatoms. The maximum Gasteiger partial charge on any atom is 0.0760 e. The first kappa shape index (κ1) is 14.0. The molecule has 1 aromatic rings. The van der Waals surface area contributed by atoms with Crippen molar-refractivity contribution in [1.29, 1.82) is 0 Å². The Bertz CT molecular complexity index is 362. The van der Waals surface area contributed by atoms with Crippen molar-refractivity contribution in [3.05, 3.63) is 28.2 Å². The molecule has 0 aliphatic heterocycles. The molecule has 90 valence electrons. The zero-order chi connectivity index (χ0) is 12.1. The molecule has 1 atom stereocenters. The first-order valence-electron chi connectivity index (χ1n) is 5.08. The molecular formula is C11H15Cl2NOS. The zero-order valence-corrected chi connectivity index (χ0v) is 11.6. The summed E-state index contributed by atoms with van der Waals surface area (Å²) in [7, 11) is -1.15. The molecule has 0 heterocycles. The molecule has 0 spiro atoms. The molecule has 0 saturated heterocycles. The summed E-state index contributed by atoms with van der Waals surface area (Å²) in [5.74, 6) is 0.516. The fourth-order valence-corrected chi connectivity index (χ4v) is 3.23. The van der Waals surface area contributed by atoms with Crippen molar-refractivity contribution in [2.24, 2.45) is 0 Å². The van der Waals surface area contributed by atoms with Crippen LogP contribution in [0, 0.1) is 0 Å². The van der Waals surface area contributed by atoms with Gasteiger partial charge < -0.3 is 5.32 Å². The van der Waals surface area contributed by atoms with Gasteiger partial charge >= 0.3 is 0 Å². The topological polar surface area (TPSA) is 29.1 Å². The standard InChI is InChI=1S/C11H15Cl2NOS/c1-8(2)14-6-7-16(15)11-9(12)4-3-5-10(11)13/h3-5,8,14H,6-7H2,1-2H3. The number of nitrogens with one attached hydrogen (secondary N) is 1. The van der Waals surface area contributed by atoms with Crippen molar-refractivity contribution in [1.82, 2.24) is 5.32 Å². The minimum Gasteiger partial charge on any atom is -0.314 e. The van der Waals surface area contributed by atoms with Crippen LogP contribution < -0.4 is 5.32 Å². The minimum atomic E-state index is -1.15. The predicted molar refractivity (Wildman–Crippen MR) is 70.9 cm³/mol.